The lowest BCUT2D eigenvalue weighted by Gasteiger charge is -2.16. The van der Waals surface area contributed by atoms with Crippen LogP contribution in [-0.2, 0) is 0 Å². The molecule has 2 aromatic rings. The van der Waals surface area contributed by atoms with Crippen molar-refractivity contribution in [3.8, 4) is 0 Å². The molecule has 1 heterocycles. The van der Waals surface area contributed by atoms with Crippen LogP contribution in [0.15, 0.2) is 54.6 Å². The topological polar surface area (TPSA) is 12.0 Å². The van der Waals surface area contributed by atoms with E-state index in [0.29, 0.717) is 12.0 Å². The molecule has 16 heavy (non-hydrogen) atoms. The first-order chi connectivity index (χ1) is 7.86. The molecule has 80 valence electrons. The lowest BCUT2D eigenvalue weighted by molar-refractivity contribution is 0.676. The summed E-state index contributed by atoms with van der Waals surface area (Å²) >= 11 is 0. The standard InChI is InChI=1S/C15H15N/c1-11-13-9-5-6-10-14(13)16-15(11)12-7-3-2-4-8-12/h2-11,15-16H,1H3/t11-,15+/m0/s1. The van der Waals surface area contributed by atoms with Crippen molar-refractivity contribution in [2.45, 2.75) is 18.9 Å². The number of rotatable bonds is 1. The molecular weight excluding hydrogens is 194 g/mol. The Kier molecular flexibility index (Phi) is 2.17. The molecule has 0 aromatic heterocycles. The van der Waals surface area contributed by atoms with E-state index in [-0.39, 0.29) is 0 Å². The van der Waals surface area contributed by atoms with E-state index in [1.165, 1.54) is 16.8 Å². The summed E-state index contributed by atoms with van der Waals surface area (Å²) in [5.41, 5.74) is 4.08. The molecule has 0 amide bonds. The van der Waals surface area contributed by atoms with Crippen molar-refractivity contribution in [2.24, 2.45) is 0 Å². The highest BCUT2D eigenvalue weighted by Crippen LogP contribution is 2.43. The predicted molar refractivity (Wildman–Crippen MR) is 67.7 cm³/mol. The molecule has 1 heteroatoms. The highest BCUT2D eigenvalue weighted by Gasteiger charge is 2.28. The molecule has 0 bridgehead atoms. The molecule has 0 radical (unpaired) electrons. The molecule has 2 atom stereocenters. The molecule has 3 rings (SSSR count). The van der Waals surface area contributed by atoms with Gasteiger partial charge in [0.2, 0.25) is 0 Å². The first-order valence-electron chi connectivity index (χ1n) is 5.76. The summed E-state index contributed by atoms with van der Waals surface area (Å²) < 4.78 is 0. The molecule has 0 saturated heterocycles. The van der Waals surface area contributed by atoms with E-state index in [0.717, 1.165) is 0 Å². The zero-order chi connectivity index (χ0) is 11.0. The Bertz CT molecular complexity index is 490. The van der Waals surface area contributed by atoms with Crippen molar-refractivity contribution < 1.29 is 0 Å². The third kappa shape index (κ3) is 1.40. The third-order valence-corrected chi connectivity index (χ3v) is 3.42. The van der Waals surface area contributed by atoms with Crippen LogP contribution in [0, 0.1) is 0 Å². The maximum atomic E-state index is 3.60. The van der Waals surface area contributed by atoms with Gasteiger partial charge in [-0.2, -0.15) is 0 Å². The smallest absolute Gasteiger partial charge is 0.0580 e. The number of anilines is 1. The minimum absolute atomic E-state index is 0.415. The lowest BCUT2D eigenvalue weighted by Crippen LogP contribution is -2.08. The van der Waals surface area contributed by atoms with Crippen LogP contribution in [0.4, 0.5) is 5.69 Å². The predicted octanol–water partition coefficient (Wildman–Crippen LogP) is 3.96. The molecule has 1 nitrogen and oxygen atoms in total. The summed E-state index contributed by atoms with van der Waals surface area (Å²) in [5, 5.41) is 3.60. The average Bonchev–Trinajstić information content (AvgIpc) is 2.69. The van der Waals surface area contributed by atoms with Gasteiger partial charge < -0.3 is 5.32 Å². The molecule has 1 aliphatic heterocycles. The normalized spacial score (nSPS) is 22.6. The number of hydrogen-bond donors (Lipinski definition) is 1. The maximum absolute atomic E-state index is 3.60. The van der Waals surface area contributed by atoms with E-state index in [1.54, 1.807) is 0 Å². The third-order valence-electron chi connectivity index (χ3n) is 3.42. The van der Waals surface area contributed by atoms with Gasteiger partial charge in [-0.25, -0.2) is 0 Å². The zero-order valence-corrected chi connectivity index (χ0v) is 9.35. The summed E-state index contributed by atoms with van der Waals surface area (Å²) in [6, 6.07) is 19.7. The van der Waals surface area contributed by atoms with Crippen molar-refractivity contribution in [1.82, 2.24) is 0 Å². The molecule has 0 aliphatic carbocycles. The summed E-state index contributed by atoms with van der Waals surface area (Å²) in [4.78, 5) is 0. The number of benzene rings is 2. The van der Waals surface area contributed by atoms with E-state index in [4.69, 9.17) is 0 Å². The Labute approximate surface area is 96.1 Å². The highest BCUT2D eigenvalue weighted by molar-refractivity contribution is 5.60. The van der Waals surface area contributed by atoms with Gasteiger partial charge >= 0.3 is 0 Å². The quantitative estimate of drug-likeness (QED) is 0.749. The molecule has 1 aliphatic rings. The number of fused-ring (bicyclic) bond motifs is 1. The first kappa shape index (κ1) is 9.46. The Balaban J connectivity index is 1.99. The minimum Gasteiger partial charge on any atom is -0.377 e. The van der Waals surface area contributed by atoms with Gasteiger partial charge in [0.15, 0.2) is 0 Å². The fourth-order valence-electron chi connectivity index (χ4n) is 2.53. The molecular formula is C15H15N. The zero-order valence-electron chi connectivity index (χ0n) is 9.35. The van der Waals surface area contributed by atoms with Gasteiger partial charge in [-0.3, -0.25) is 0 Å². The van der Waals surface area contributed by atoms with Crippen LogP contribution in [0.1, 0.15) is 30.0 Å². The van der Waals surface area contributed by atoms with Crippen LogP contribution in [0.25, 0.3) is 0 Å². The van der Waals surface area contributed by atoms with Gasteiger partial charge in [0.05, 0.1) is 6.04 Å². The van der Waals surface area contributed by atoms with E-state index in [9.17, 15) is 0 Å². The summed E-state index contributed by atoms with van der Waals surface area (Å²) in [6.07, 6.45) is 0. The lowest BCUT2D eigenvalue weighted by atomic mass is 9.92. The van der Waals surface area contributed by atoms with Gasteiger partial charge in [-0.05, 0) is 17.2 Å². The minimum atomic E-state index is 0.415. The van der Waals surface area contributed by atoms with E-state index >= 15 is 0 Å². The molecule has 1 N–H and O–H groups in total. The van der Waals surface area contributed by atoms with Crippen LogP contribution in [-0.4, -0.2) is 0 Å². The summed E-state index contributed by atoms with van der Waals surface area (Å²) in [7, 11) is 0. The van der Waals surface area contributed by atoms with Crippen molar-refractivity contribution in [2.75, 3.05) is 5.32 Å². The van der Waals surface area contributed by atoms with Crippen LogP contribution in [0.5, 0.6) is 0 Å². The fraction of sp³-hybridized carbons (Fsp3) is 0.200. The summed E-state index contributed by atoms with van der Waals surface area (Å²) in [5.74, 6) is 0.540. The first-order valence-corrected chi connectivity index (χ1v) is 5.76. The molecule has 0 unspecified atom stereocenters. The second kappa shape index (κ2) is 3.67. The van der Waals surface area contributed by atoms with Crippen molar-refractivity contribution in [3.05, 3.63) is 65.7 Å². The van der Waals surface area contributed by atoms with Crippen LogP contribution >= 0.6 is 0 Å². The average molecular weight is 209 g/mol. The van der Waals surface area contributed by atoms with E-state index in [2.05, 4.69) is 66.8 Å². The number of para-hydroxylation sites is 1. The van der Waals surface area contributed by atoms with Gasteiger partial charge in [0, 0.05) is 11.6 Å². The second-order valence-electron chi connectivity index (χ2n) is 4.41. The SMILES string of the molecule is C[C@H]1c2ccccc2N[C@H]1c1ccccc1. The van der Waals surface area contributed by atoms with Gasteiger partial charge in [0.25, 0.3) is 0 Å². The van der Waals surface area contributed by atoms with Crippen LogP contribution < -0.4 is 5.32 Å². The highest BCUT2D eigenvalue weighted by atomic mass is 15.0. The Morgan fingerprint density at radius 1 is 0.875 bits per heavy atom. The molecule has 0 fully saturated rings. The van der Waals surface area contributed by atoms with Gasteiger partial charge in [-0.1, -0.05) is 55.5 Å². The van der Waals surface area contributed by atoms with Crippen LogP contribution in [0.2, 0.25) is 0 Å². The second-order valence-corrected chi connectivity index (χ2v) is 4.41. The molecule has 2 aromatic carbocycles. The number of hydrogen-bond acceptors (Lipinski definition) is 1. The van der Waals surface area contributed by atoms with Crippen molar-refractivity contribution >= 4 is 5.69 Å². The monoisotopic (exact) mass is 209 g/mol. The van der Waals surface area contributed by atoms with Crippen molar-refractivity contribution in [1.29, 1.82) is 0 Å². The maximum Gasteiger partial charge on any atom is 0.0580 e. The van der Waals surface area contributed by atoms with Gasteiger partial charge in [-0.15, -0.1) is 0 Å². The molecule has 0 spiro atoms. The molecule has 0 saturated carbocycles. The fourth-order valence-corrected chi connectivity index (χ4v) is 2.53. The van der Waals surface area contributed by atoms with Gasteiger partial charge in [0.1, 0.15) is 0 Å². The van der Waals surface area contributed by atoms with Crippen LogP contribution in [0.3, 0.4) is 0 Å². The van der Waals surface area contributed by atoms with Crippen molar-refractivity contribution in [3.63, 3.8) is 0 Å². The van der Waals surface area contributed by atoms with E-state index < -0.39 is 0 Å². The summed E-state index contributed by atoms with van der Waals surface area (Å²) in [6.45, 7) is 2.29. The Morgan fingerprint density at radius 2 is 1.56 bits per heavy atom. The Morgan fingerprint density at radius 3 is 2.31 bits per heavy atom. The largest absolute Gasteiger partial charge is 0.377 e. The number of nitrogens with one attached hydrogen (secondary N) is 1. The van der Waals surface area contributed by atoms with E-state index in [1.807, 2.05) is 0 Å². The Hall–Kier alpha value is -1.76.